The second kappa shape index (κ2) is 37.0. The van der Waals surface area contributed by atoms with Gasteiger partial charge in [-0.15, -0.1) is 0 Å². The Labute approximate surface area is 492 Å². The van der Waals surface area contributed by atoms with Crippen LogP contribution in [0.5, 0.6) is 11.5 Å². The molecule has 74 heavy (non-hydrogen) atoms. The van der Waals surface area contributed by atoms with Crippen LogP contribution < -0.4 is 26.4 Å². The Balaban J connectivity index is 0.000000201. The van der Waals surface area contributed by atoms with E-state index in [1.54, 1.807) is 96.3 Å². The van der Waals surface area contributed by atoms with Crippen LogP contribution >= 0.6 is 69.8 Å². The monoisotopic (exact) mass is 1340 g/mol. The summed E-state index contributed by atoms with van der Waals surface area (Å²) in [6.45, 7) is 16.8. The van der Waals surface area contributed by atoms with Gasteiger partial charge in [0.15, 0.2) is 11.7 Å². The van der Waals surface area contributed by atoms with Gasteiger partial charge in [0, 0.05) is 27.3 Å². The Morgan fingerprint density at radius 2 is 1.07 bits per heavy atom. The molecule has 3 saturated carbocycles. The molecule has 0 unspecified atom stereocenters. The molecule has 2 aromatic carbocycles. The molecule has 6 aliphatic rings. The maximum absolute atomic E-state index is 5.82. The van der Waals surface area contributed by atoms with Crippen LogP contribution in [0, 0.1) is 19.7 Å². The molecule has 420 valence electrons. The third-order valence-corrected chi connectivity index (χ3v) is 25.0. The Bertz CT molecular complexity index is 2120. The van der Waals surface area contributed by atoms with E-state index in [4.69, 9.17) is 48.2 Å². The van der Waals surface area contributed by atoms with Gasteiger partial charge in [0.05, 0.1) is 21.9 Å². The Morgan fingerprint density at radius 3 is 1.42 bits per heavy atom. The van der Waals surface area contributed by atoms with Crippen molar-refractivity contribution >= 4 is 79.0 Å². The number of nitrogens with zero attached hydrogens (tertiary/aromatic N) is 2. The predicted molar refractivity (Wildman–Crippen MR) is 322 cm³/mol. The minimum atomic E-state index is -1.77. The molecule has 5 aliphatic carbocycles. The van der Waals surface area contributed by atoms with Crippen molar-refractivity contribution in [3.05, 3.63) is 117 Å². The summed E-state index contributed by atoms with van der Waals surface area (Å²) < 4.78 is 17.4. The molecule has 9 rings (SSSR count). The van der Waals surface area contributed by atoms with Crippen molar-refractivity contribution in [2.45, 2.75) is 231 Å². The van der Waals surface area contributed by atoms with E-state index in [-0.39, 0.29) is 32.5 Å². The molecule has 4 nitrogen and oxygen atoms in total. The molecular weight excluding hydrogens is 1260 g/mol. The first-order valence-electron chi connectivity index (χ1n) is 27.5. The molecule has 2 atom stereocenters. The van der Waals surface area contributed by atoms with Gasteiger partial charge in [-0.25, -0.2) is 0 Å². The number of halogens is 5. The summed E-state index contributed by atoms with van der Waals surface area (Å²) in [5.74, 6) is 3.95. The van der Waals surface area contributed by atoms with E-state index in [1.807, 2.05) is 109 Å². The van der Waals surface area contributed by atoms with Gasteiger partial charge >= 0.3 is 196 Å². The molecule has 2 heterocycles. The molecular formula is C60H90Cl5N2O2PRu2S2. The maximum atomic E-state index is 5.82. The summed E-state index contributed by atoms with van der Waals surface area (Å²) in [5, 5.41) is 0. The summed E-state index contributed by atoms with van der Waals surface area (Å²) in [7, 11) is 23.2. The van der Waals surface area contributed by atoms with Gasteiger partial charge in [-0.1, -0.05) is 48.8 Å². The van der Waals surface area contributed by atoms with Crippen molar-refractivity contribution in [3.63, 3.8) is 0 Å². The third kappa shape index (κ3) is 23.5. The van der Waals surface area contributed by atoms with Crippen LogP contribution in [0.15, 0.2) is 88.9 Å². The molecule has 14 heteroatoms. The van der Waals surface area contributed by atoms with Crippen LogP contribution in [0.3, 0.4) is 0 Å². The number of para-hydroxylation sites is 2. The van der Waals surface area contributed by atoms with Gasteiger partial charge in [-0.05, 0) is 147 Å². The Kier molecular flexibility index (Phi) is 33.2. The number of thiazole rings is 1. The Hall–Kier alpha value is -0.0932. The zero-order valence-corrected chi connectivity index (χ0v) is 55.6. The van der Waals surface area contributed by atoms with Gasteiger partial charge in [0.25, 0.3) is 0 Å². The van der Waals surface area contributed by atoms with Crippen molar-refractivity contribution in [2.75, 3.05) is 0 Å². The first-order valence-corrected chi connectivity index (χ1v) is 42.0. The number of hydrogen-bond donors (Lipinski definition) is 0. The number of hydrogen-bond acceptors (Lipinski definition) is 5. The second-order valence-electron chi connectivity index (χ2n) is 20.9. The Morgan fingerprint density at radius 1 is 0.622 bits per heavy atom. The van der Waals surface area contributed by atoms with Gasteiger partial charge < -0.3 is 17.3 Å². The number of rotatable bonds is 11. The number of ether oxygens (including phenoxy) is 2. The van der Waals surface area contributed by atoms with Crippen LogP contribution in [0.4, 0.5) is 0 Å². The van der Waals surface area contributed by atoms with Crippen molar-refractivity contribution in [2.24, 2.45) is 0 Å². The topological polar surface area (TPSA) is 25.6 Å². The van der Waals surface area contributed by atoms with Crippen molar-refractivity contribution in [1.29, 1.82) is 0 Å². The normalized spacial score (nSPS) is 20.7. The van der Waals surface area contributed by atoms with Crippen molar-refractivity contribution in [1.82, 2.24) is 4.90 Å². The van der Waals surface area contributed by atoms with Gasteiger partial charge in [0.1, 0.15) is 0 Å². The fraction of sp³-hybridized carbons (Fsp3) is 0.600. The second-order valence-corrected chi connectivity index (χ2v) is 37.9. The zero-order chi connectivity index (χ0) is 52.5. The first kappa shape index (κ1) is 66.4. The van der Waals surface area contributed by atoms with E-state index in [0.717, 1.165) is 22.6 Å². The van der Waals surface area contributed by atoms with E-state index in [2.05, 4.69) is 72.9 Å². The van der Waals surface area contributed by atoms with E-state index < -0.39 is 27.0 Å². The van der Waals surface area contributed by atoms with Crippen LogP contribution in [0.25, 0.3) is 0 Å². The van der Waals surface area contributed by atoms with Crippen LogP contribution in [0.1, 0.15) is 204 Å². The molecule has 0 spiro atoms. The van der Waals surface area contributed by atoms with E-state index in [0.29, 0.717) is 12.1 Å². The quantitative estimate of drug-likeness (QED) is 0.0628. The minimum absolute atomic E-state index is 0. The molecule has 0 N–H and O–H groups in total. The number of aromatic nitrogens is 1. The van der Waals surface area contributed by atoms with E-state index in [1.165, 1.54) is 76.7 Å². The summed E-state index contributed by atoms with van der Waals surface area (Å²) in [6.07, 6.45) is 41.2. The fourth-order valence-corrected chi connectivity index (χ4v) is 21.6. The predicted octanol–water partition coefficient (Wildman–Crippen LogP) is 16.8. The van der Waals surface area contributed by atoms with Crippen molar-refractivity contribution < 1.29 is 53.5 Å². The number of benzene rings is 2. The smallest absolute Gasteiger partial charge is 0.225 e. The molecule has 1 aliphatic heterocycles. The summed E-state index contributed by atoms with van der Waals surface area (Å²) in [4.78, 5) is 5.30. The number of allylic oxidation sites excluding steroid dienone is 5. The molecule has 1 aromatic heterocycles. The number of thioether (sulfide) groups is 1. The SMILES string of the molecule is C1CCC([PH+](C2CCCCC2)C2CCCCC2)CC1.CC(C)Oc1ccccc1[CH]=[Ru]([Cl])[Cl].CC(C)Oc1ccccc1[CH]=[Ru]([Cl])[Cl].CC1=C(C)N([C@H]2C=CCCC2)[CH-]S1.Cc1sc[n+]([C@H]2C=CCCC2)c1C.[Cl-]. The van der Waals surface area contributed by atoms with Crippen LogP contribution in [0.2, 0.25) is 0 Å². The average molecular weight is 1350 g/mol. The molecule has 0 amide bonds. The first-order chi connectivity index (χ1) is 35.2. The van der Waals surface area contributed by atoms with E-state index >= 15 is 0 Å². The number of aryl methyl sites for hydroxylation is 1. The van der Waals surface area contributed by atoms with Gasteiger partial charge in [-0.3, -0.25) is 11.8 Å². The molecule has 0 saturated heterocycles. The summed E-state index contributed by atoms with van der Waals surface area (Å²) >= 11 is 0.167. The molecule has 3 fully saturated rings. The summed E-state index contributed by atoms with van der Waals surface area (Å²) in [5.41, 5.74) is 10.8. The van der Waals surface area contributed by atoms with Crippen molar-refractivity contribution in [3.8, 4) is 11.5 Å². The summed E-state index contributed by atoms with van der Waals surface area (Å²) in [6, 6.07) is 16.8. The molecule has 0 radical (unpaired) electrons. The average Bonchev–Trinajstić information content (AvgIpc) is 3.91. The fourth-order valence-electron chi connectivity index (χ4n) is 11.0. The van der Waals surface area contributed by atoms with Gasteiger partial charge in [0.2, 0.25) is 5.51 Å². The molecule has 0 bridgehead atoms. The van der Waals surface area contributed by atoms with Crippen LogP contribution in [-0.2, 0) is 27.0 Å². The maximum Gasteiger partial charge on any atom is 0.225 e. The van der Waals surface area contributed by atoms with E-state index in [9.17, 15) is 0 Å². The van der Waals surface area contributed by atoms with Gasteiger partial charge in [-0.2, -0.15) is 10.4 Å². The standard InChI is InChI=1S/C18H33P.2C11H16NS.2C10H12O.5ClH.2Ru/c1-4-10-16(11-5-1)19(17-12-6-2-7-13-17)18-14-8-3-9-15-18;2*1-9-10(2)13-8-12(9)11-6-4-3-5-7-11;2*1-8(2)11-10-7-5-4-6-9(10)3;;;;;;;/h16-18H,1-15H2;2*4,6,8,11H,3,5,7H2,1-2H3;2*3-8H,1-2H3;5*1H;;/q;-1;+1;;;;;;;;2*+2/p-4/t;2*11-;;;;;;;;;/m.00........./s1. The van der Waals surface area contributed by atoms with Crippen LogP contribution in [-0.4, -0.2) is 49.3 Å². The molecule has 3 aromatic rings. The largest absolute Gasteiger partial charge is 1.00 e. The zero-order valence-electron chi connectivity index (χ0n) is 45.8. The minimum Gasteiger partial charge on any atom is -1.00 e. The third-order valence-electron chi connectivity index (χ3n) is 14.8.